The first-order chi connectivity index (χ1) is 5.27. The second-order valence-electron chi connectivity index (χ2n) is 2.75. The molecule has 2 N–H and O–H groups in total. The minimum absolute atomic E-state index is 0.537. The summed E-state index contributed by atoms with van der Waals surface area (Å²) in [6.45, 7) is 0. The maximum Gasteiger partial charge on any atom is 0.155 e. The number of rotatable bonds is 1. The second kappa shape index (κ2) is 2.58. The molecule has 0 atom stereocenters. The summed E-state index contributed by atoms with van der Waals surface area (Å²) in [7, 11) is 0. The number of hydrogen-bond donors (Lipinski definition) is 1. The van der Waals surface area contributed by atoms with E-state index in [1.54, 1.807) is 6.20 Å². The monoisotopic (exact) mass is 261 g/mol. The molecule has 0 radical (unpaired) electrons. The van der Waals surface area contributed by atoms with Gasteiger partial charge in [-0.05, 0) is 35.4 Å². The van der Waals surface area contributed by atoms with E-state index in [4.69, 9.17) is 5.73 Å². The van der Waals surface area contributed by atoms with Gasteiger partial charge in [0.1, 0.15) is 3.70 Å². The van der Waals surface area contributed by atoms with E-state index in [9.17, 15) is 0 Å². The fourth-order valence-corrected chi connectivity index (χ4v) is 1.38. The molecule has 0 bridgehead atoms. The van der Waals surface area contributed by atoms with Crippen molar-refractivity contribution in [2.24, 2.45) is 0 Å². The second-order valence-corrected chi connectivity index (χ2v) is 3.77. The normalized spacial score (nSPS) is 16.8. The van der Waals surface area contributed by atoms with Crippen LogP contribution in [0.4, 0.5) is 5.82 Å². The number of nitrogens with zero attached hydrogens (tertiary/aromatic N) is 2. The molecule has 0 spiro atoms. The Hall–Kier alpha value is -0.390. The predicted octanol–water partition coefficient (Wildman–Crippen LogP) is 1.54. The lowest BCUT2D eigenvalue weighted by atomic mass is 10.3. The Balaban J connectivity index is 2.36. The van der Waals surface area contributed by atoms with Gasteiger partial charge in [-0.2, -0.15) is 0 Å². The van der Waals surface area contributed by atoms with Gasteiger partial charge >= 0.3 is 0 Å². The van der Waals surface area contributed by atoms with Crippen LogP contribution in [0, 0.1) is 3.70 Å². The molecule has 1 fully saturated rings. The third-order valence-electron chi connectivity index (χ3n) is 1.77. The van der Waals surface area contributed by atoms with Gasteiger partial charge in [0.15, 0.2) is 5.82 Å². The highest BCUT2D eigenvalue weighted by atomic mass is 127. The Morgan fingerprint density at radius 2 is 2.27 bits per heavy atom. The van der Waals surface area contributed by atoms with Crippen molar-refractivity contribution in [2.75, 3.05) is 5.73 Å². The SMILES string of the molecule is Nc1ncc(C2CC2)nc1I. The Labute approximate surface area is 78.6 Å². The Morgan fingerprint density at radius 3 is 2.82 bits per heavy atom. The Kier molecular flexibility index (Phi) is 1.71. The predicted molar refractivity (Wildman–Crippen MR) is 51.1 cm³/mol. The third kappa shape index (κ3) is 1.45. The summed E-state index contributed by atoms with van der Waals surface area (Å²) in [5.74, 6) is 1.20. The lowest BCUT2D eigenvalue weighted by Crippen LogP contribution is -1.99. The van der Waals surface area contributed by atoms with Crippen molar-refractivity contribution < 1.29 is 0 Å². The van der Waals surface area contributed by atoms with Crippen molar-refractivity contribution >= 4 is 28.4 Å². The molecule has 0 amide bonds. The van der Waals surface area contributed by atoms with Crippen LogP contribution in [-0.4, -0.2) is 9.97 Å². The molecule has 0 aliphatic heterocycles. The van der Waals surface area contributed by atoms with Gasteiger partial charge in [0.05, 0.1) is 11.9 Å². The largest absolute Gasteiger partial charge is 0.382 e. The van der Waals surface area contributed by atoms with Crippen LogP contribution in [0.5, 0.6) is 0 Å². The van der Waals surface area contributed by atoms with Gasteiger partial charge in [0.25, 0.3) is 0 Å². The molecule has 0 saturated heterocycles. The summed E-state index contributed by atoms with van der Waals surface area (Å²) < 4.78 is 0.826. The molecule has 0 unspecified atom stereocenters. The van der Waals surface area contributed by atoms with Crippen molar-refractivity contribution in [1.29, 1.82) is 0 Å². The highest BCUT2D eigenvalue weighted by Crippen LogP contribution is 2.38. The van der Waals surface area contributed by atoms with Gasteiger partial charge in [-0.15, -0.1) is 0 Å². The van der Waals surface area contributed by atoms with E-state index >= 15 is 0 Å². The zero-order valence-electron chi connectivity index (χ0n) is 5.92. The molecule has 1 saturated carbocycles. The summed E-state index contributed by atoms with van der Waals surface area (Å²) in [6, 6.07) is 0. The average Bonchev–Trinajstić information content (AvgIpc) is 2.77. The molecule has 4 heteroatoms. The van der Waals surface area contributed by atoms with Crippen molar-refractivity contribution in [1.82, 2.24) is 9.97 Å². The maximum absolute atomic E-state index is 5.53. The third-order valence-corrected chi connectivity index (χ3v) is 2.56. The standard InChI is InChI=1S/C7H8IN3/c8-6-7(9)10-3-5(11-6)4-1-2-4/h3-4H,1-2H2,(H2,9,10). The van der Waals surface area contributed by atoms with Gasteiger partial charge in [-0.3, -0.25) is 0 Å². The zero-order chi connectivity index (χ0) is 7.84. The molecule has 11 heavy (non-hydrogen) atoms. The topological polar surface area (TPSA) is 51.8 Å². The summed E-state index contributed by atoms with van der Waals surface area (Å²) >= 11 is 2.11. The molecule has 1 aliphatic rings. The van der Waals surface area contributed by atoms with Gasteiger partial charge in [0, 0.05) is 5.92 Å². The van der Waals surface area contributed by atoms with E-state index < -0.39 is 0 Å². The van der Waals surface area contributed by atoms with Crippen molar-refractivity contribution in [3.05, 3.63) is 15.6 Å². The molecule has 1 aliphatic carbocycles. The fraction of sp³-hybridized carbons (Fsp3) is 0.429. The van der Waals surface area contributed by atoms with E-state index in [0.29, 0.717) is 11.7 Å². The van der Waals surface area contributed by atoms with Crippen LogP contribution < -0.4 is 5.73 Å². The lowest BCUT2D eigenvalue weighted by Gasteiger charge is -1.98. The van der Waals surface area contributed by atoms with E-state index in [1.165, 1.54) is 12.8 Å². The number of hydrogen-bond acceptors (Lipinski definition) is 3. The fourth-order valence-electron chi connectivity index (χ4n) is 0.964. The molecular formula is C7H8IN3. The first-order valence-corrected chi connectivity index (χ1v) is 4.63. The van der Waals surface area contributed by atoms with Crippen LogP contribution in [0.15, 0.2) is 6.20 Å². The molecule has 2 rings (SSSR count). The minimum Gasteiger partial charge on any atom is -0.382 e. The quantitative estimate of drug-likeness (QED) is 0.780. The summed E-state index contributed by atoms with van der Waals surface area (Å²) in [5.41, 5.74) is 6.63. The summed E-state index contributed by atoms with van der Waals surface area (Å²) in [5, 5.41) is 0. The number of nitrogens with two attached hydrogens (primary N) is 1. The highest BCUT2D eigenvalue weighted by molar-refractivity contribution is 14.1. The van der Waals surface area contributed by atoms with Crippen molar-refractivity contribution in [3.63, 3.8) is 0 Å². The number of nitrogen functional groups attached to an aromatic ring is 1. The van der Waals surface area contributed by atoms with Crippen LogP contribution in [0.3, 0.4) is 0 Å². The Morgan fingerprint density at radius 1 is 1.55 bits per heavy atom. The van der Waals surface area contributed by atoms with Crippen LogP contribution in [-0.2, 0) is 0 Å². The van der Waals surface area contributed by atoms with Crippen LogP contribution in [0.25, 0.3) is 0 Å². The van der Waals surface area contributed by atoms with Crippen LogP contribution in [0.1, 0.15) is 24.5 Å². The smallest absolute Gasteiger partial charge is 0.155 e. The molecular weight excluding hydrogens is 253 g/mol. The van der Waals surface area contributed by atoms with Gasteiger partial charge in [-0.1, -0.05) is 0 Å². The van der Waals surface area contributed by atoms with E-state index in [0.717, 1.165) is 9.39 Å². The zero-order valence-corrected chi connectivity index (χ0v) is 8.08. The number of halogens is 1. The van der Waals surface area contributed by atoms with Gasteiger partial charge in [-0.25, -0.2) is 9.97 Å². The first kappa shape index (κ1) is 7.27. The van der Waals surface area contributed by atoms with E-state index in [1.807, 2.05) is 0 Å². The van der Waals surface area contributed by atoms with Crippen molar-refractivity contribution in [2.45, 2.75) is 18.8 Å². The first-order valence-electron chi connectivity index (χ1n) is 3.55. The maximum atomic E-state index is 5.53. The minimum atomic E-state index is 0.537. The molecule has 0 aromatic carbocycles. The highest BCUT2D eigenvalue weighted by Gasteiger charge is 2.25. The number of aromatic nitrogens is 2. The molecule has 1 aromatic heterocycles. The summed E-state index contributed by atoms with van der Waals surface area (Å²) in [4.78, 5) is 8.38. The molecule has 58 valence electrons. The molecule has 3 nitrogen and oxygen atoms in total. The van der Waals surface area contributed by atoms with Crippen molar-refractivity contribution in [3.8, 4) is 0 Å². The van der Waals surface area contributed by atoms with E-state index in [2.05, 4.69) is 32.6 Å². The number of anilines is 1. The van der Waals surface area contributed by atoms with Gasteiger partial charge in [0.2, 0.25) is 0 Å². The van der Waals surface area contributed by atoms with Crippen LogP contribution in [0.2, 0.25) is 0 Å². The Bertz CT molecular complexity index is 283. The molecule has 1 aromatic rings. The van der Waals surface area contributed by atoms with E-state index in [-0.39, 0.29) is 0 Å². The molecule has 1 heterocycles. The summed E-state index contributed by atoms with van der Waals surface area (Å²) in [6.07, 6.45) is 4.30. The van der Waals surface area contributed by atoms with Crippen LogP contribution >= 0.6 is 22.6 Å². The van der Waals surface area contributed by atoms with Gasteiger partial charge < -0.3 is 5.73 Å². The lowest BCUT2D eigenvalue weighted by molar-refractivity contribution is 0.976. The average molecular weight is 261 g/mol.